The first-order valence-corrected chi connectivity index (χ1v) is 7.76. The number of likely N-dealkylation sites (N-methyl/N-ethyl adjacent to an activating group) is 1. The molecule has 6 heteroatoms. The number of hydrogen-bond donors (Lipinski definition) is 0. The lowest BCUT2D eigenvalue weighted by molar-refractivity contribution is 0.0209. The van der Waals surface area contributed by atoms with Gasteiger partial charge in [-0.15, -0.1) is 0 Å². The molecule has 2 heterocycles. The number of carbonyl (C=O) groups is 1. The predicted octanol–water partition coefficient (Wildman–Crippen LogP) is 2.62. The maximum absolute atomic E-state index is 12.2. The van der Waals surface area contributed by atoms with Crippen molar-refractivity contribution < 1.29 is 9.53 Å². The van der Waals surface area contributed by atoms with Gasteiger partial charge in [-0.2, -0.15) is 0 Å². The molecule has 1 aliphatic heterocycles. The second-order valence-electron chi connectivity index (χ2n) is 6.83. The summed E-state index contributed by atoms with van der Waals surface area (Å²) in [6, 6.07) is 2.00. The molecule has 0 spiro atoms. The smallest absolute Gasteiger partial charge is 0.410 e. The molecule has 0 radical (unpaired) electrons. The van der Waals surface area contributed by atoms with Crippen molar-refractivity contribution in [1.29, 1.82) is 0 Å². The van der Waals surface area contributed by atoms with Gasteiger partial charge in [-0.1, -0.05) is 0 Å². The van der Waals surface area contributed by atoms with Gasteiger partial charge in [0.2, 0.25) is 5.95 Å². The first kappa shape index (κ1) is 16.5. The van der Waals surface area contributed by atoms with Crippen LogP contribution in [0.25, 0.3) is 0 Å². The van der Waals surface area contributed by atoms with Crippen LogP contribution in [0.5, 0.6) is 0 Å². The third-order valence-electron chi connectivity index (χ3n) is 3.69. The third kappa shape index (κ3) is 4.32. The lowest BCUT2D eigenvalue weighted by Gasteiger charge is -2.38. The molecular weight excluding hydrogens is 280 g/mol. The molecule has 6 nitrogen and oxygen atoms in total. The number of amides is 1. The Labute approximate surface area is 132 Å². The summed E-state index contributed by atoms with van der Waals surface area (Å²) in [5.41, 5.74) is 0.479. The topological polar surface area (TPSA) is 58.6 Å². The van der Waals surface area contributed by atoms with Crippen molar-refractivity contribution in [2.75, 3.05) is 25.0 Å². The molecule has 0 aliphatic carbocycles. The Morgan fingerprint density at radius 2 is 2.18 bits per heavy atom. The number of ether oxygens (including phenoxy) is 1. The second kappa shape index (κ2) is 6.50. The summed E-state index contributed by atoms with van der Waals surface area (Å²) in [7, 11) is 1.80. The van der Waals surface area contributed by atoms with Crippen LogP contribution >= 0.6 is 0 Å². The van der Waals surface area contributed by atoms with Crippen LogP contribution in [0.15, 0.2) is 12.3 Å². The van der Waals surface area contributed by atoms with Crippen molar-refractivity contribution in [3.63, 3.8) is 0 Å². The highest BCUT2D eigenvalue weighted by Gasteiger charge is 2.29. The average molecular weight is 306 g/mol. The molecule has 0 aromatic carbocycles. The van der Waals surface area contributed by atoms with Crippen LogP contribution in [0, 0.1) is 6.92 Å². The predicted molar refractivity (Wildman–Crippen MR) is 86.0 cm³/mol. The number of nitrogens with zero attached hydrogens (tertiary/aromatic N) is 4. The minimum atomic E-state index is -0.473. The second-order valence-corrected chi connectivity index (χ2v) is 6.83. The molecule has 0 N–H and O–H groups in total. The Kier molecular flexibility index (Phi) is 4.88. The van der Waals surface area contributed by atoms with Crippen molar-refractivity contribution in [3.05, 3.63) is 18.0 Å². The minimum absolute atomic E-state index is 0.118. The van der Waals surface area contributed by atoms with E-state index in [0.717, 1.165) is 37.6 Å². The lowest BCUT2D eigenvalue weighted by atomic mass is 10.1. The van der Waals surface area contributed by atoms with E-state index in [1.807, 2.05) is 33.8 Å². The summed E-state index contributed by atoms with van der Waals surface area (Å²) < 4.78 is 5.45. The fourth-order valence-electron chi connectivity index (χ4n) is 2.52. The Balaban J connectivity index is 2.02. The van der Waals surface area contributed by atoms with Crippen LogP contribution in [0.2, 0.25) is 0 Å². The Bertz CT molecular complexity index is 527. The zero-order valence-electron chi connectivity index (χ0n) is 14.2. The number of aromatic nitrogens is 2. The van der Waals surface area contributed by atoms with Gasteiger partial charge in [-0.3, -0.25) is 0 Å². The molecule has 22 heavy (non-hydrogen) atoms. The summed E-state index contributed by atoms with van der Waals surface area (Å²) in [5, 5.41) is 0. The molecule has 1 saturated heterocycles. The van der Waals surface area contributed by atoms with E-state index < -0.39 is 5.60 Å². The number of aryl methyl sites for hydroxylation is 1. The van der Waals surface area contributed by atoms with Gasteiger partial charge < -0.3 is 14.5 Å². The largest absolute Gasteiger partial charge is 0.444 e. The molecule has 1 atom stereocenters. The monoisotopic (exact) mass is 306 g/mol. The maximum Gasteiger partial charge on any atom is 0.410 e. The van der Waals surface area contributed by atoms with E-state index in [1.165, 1.54) is 0 Å². The summed E-state index contributed by atoms with van der Waals surface area (Å²) in [6.45, 7) is 9.26. The normalized spacial score (nSPS) is 19.0. The average Bonchev–Trinajstić information content (AvgIpc) is 2.45. The Morgan fingerprint density at radius 1 is 1.45 bits per heavy atom. The highest BCUT2D eigenvalue weighted by atomic mass is 16.6. The summed E-state index contributed by atoms with van der Waals surface area (Å²) >= 11 is 0. The summed E-state index contributed by atoms with van der Waals surface area (Å²) in [5.74, 6) is 0.738. The van der Waals surface area contributed by atoms with Crippen LogP contribution < -0.4 is 4.90 Å². The van der Waals surface area contributed by atoms with Gasteiger partial charge in [0.25, 0.3) is 0 Å². The van der Waals surface area contributed by atoms with Crippen LogP contribution in [0.4, 0.5) is 10.7 Å². The molecule has 122 valence electrons. The molecule has 0 saturated carbocycles. The van der Waals surface area contributed by atoms with Crippen molar-refractivity contribution in [3.8, 4) is 0 Å². The van der Waals surface area contributed by atoms with Gasteiger partial charge in [0.15, 0.2) is 0 Å². The minimum Gasteiger partial charge on any atom is -0.444 e. The Hall–Kier alpha value is -1.85. The number of piperidine rings is 1. The van der Waals surface area contributed by atoms with Crippen LogP contribution in [0.1, 0.15) is 39.3 Å². The van der Waals surface area contributed by atoms with Gasteiger partial charge in [-0.25, -0.2) is 14.8 Å². The van der Waals surface area contributed by atoms with Gasteiger partial charge in [0.05, 0.1) is 6.04 Å². The number of anilines is 1. The van der Waals surface area contributed by atoms with E-state index >= 15 is 0 Å². The molecule has 2 rings (SSSR count). The van der Waals surface area contributed by atoms with Gasteiger partial charge in [-0.05, 0) is 46.6 Å². The molecular formula is C16H26N4O2. The third-order valence-corrected chi connectivity index (χ3v) is 3.69. The summed E-state index contributed by atoms with van der Waals surface area (Å²) in [6.07, 6.45) is 3.48. The molecule has 1 aromatic heterocycles. The van der Waals surface area contributed by atoms with Crippen molar-refractivity contribution >= 4 is 12.0 Å². The van der Waals surface area contributed by atoms with Crippen molar-refractivity contribution in [1.82, 2.24) is 14.9 Å². The first-order chi connectivity index (χ1) is 10.3. The van der Waals surface area contributed by atoms with E-state index in [1.54, 1.807) is 18.1 Å². The molecule has 0 unspecified atom stereocenters. The summed E-state index contributed by atoms with van der Waals surface area (Å²) in [4.78, 5) is 24.9. The van der Waals surface area contributed by atoms with Gasteiger partial charge >= 0.3 is 6.09 Å². The van der Waals surface area contributed by atoms with Crippen LogP contribution in [-0.4, -0.2) is 52.7 Å². The molecule has 0 bridgehead atoms. The fourth-order valence-corrected chi connectivity index (χ4v) is 2.52. The van der Waals surface area contributed by atoms with Gasteiger partial charge in [0, 0.05) is 32.0 Å². The standard InChI is InChI=1S/C16H26N4O2/c1-12-8-9-17-14(18-12)20-10-6-7-13(11-20)19(5)15(21)22-16(2,3)4/h8-9,13H,6-7,10-11H2,1-5H3/t13-/m1/s1. The van der Waals surface area contributed by atoms with E-state index in [-0.39, 0.29) is 12.1 Å². The van der Waals surface area contributed by atoms with E-state index in [0.29, 0.717) is 0 Å². The zero-order chi connectivity index (χ0) is 16.3. The van der Waals surface area contributed by atoms with E-state index in [9.17, 15) is 4.79 Å². The number of rotatable bonds is 2. The SMILES string of the molecule is Cc1ccnc(N2CCC[C@@H](N(C)C(=O)OC(C)(C)C)C2)n1. The fraction of sp³-hybridized carbons (Fsp3) is 0.688. The first-order valence-electron chi connectivity index (χ1n) is 7.76. The lowest BCUT2D eigenvalue weighted by Crippen LogP contribution is -2.50. The zero-order valence-corrected chi connectivity index (χ0v) is 14.2. The van der Waals surface area contributed by atoms with E-state index in [2.05, 4.69) is 14.9 Å². The molecule has 1 aromatic rings. The number of carbonyl (C=O) groups excluding carboxylic acids is 1. The van der Waals surface area contributed by atoms with Gasteiger partial charge in [0.1, 0.15) is 5.60 Å². The highest BCUT2D eigenvalue weighted by molar-refractivity contribution is 5.68. The molecule has 1 amide bonds. The molecule has 1 fully saturated rings. The van der Waals surface area contributed by atoms with Crippen LogP contribution in [0.3, 0.4) is 0 Å². The van der Waals surface area contributed by atoms with E-state index in [4.69, 9.17) is 4.74 Å². The Morgan fingerprint density at radius 3 is 2.82 bits per heavy atom. The van der Waals surface area contributed by atoms with Crippen molar-refractivity contribution in [2.45, 2.75) is 52.2 Å². The quantitative estimate of drug-likeness (QED) is 0.840. The van der Waals surface area contributed by atoms with Crippen molar-refractivity contribution in [2.24, 2.45) is 0 Å². The number of hydrogen-bond acceptors (Lipinski definition) is 5. The molecule has 1 aliphatic rings. The maximum atomic E-state index is 12.2. The highest BCUT2D eigenvalue weighted by Crippen LogP contribution is 2.20. The van der Waals surface area contributed by atoms with Crippen LogP contribution in [-0.2, 0) is 4.74 Å².